The fourth-order valence-corrected chi connectivity index (χ4v) is 3.46. The summed E-state index contributed by atoms with van der Waals surface area (Å²) < 4.78 is 2.89. The van der Waals surface area contributed by atoms with Crippen LogP contribution in [0.15, 0.2) is 68.6 Å². The molecule has 3 rings (SSSR count). The van der Waals surface area contributed by atoms with Gasteiger partial charge in [-0.05, 0) is 25.1 Å². The van der Waals surface area contributed by atoms with Crippen molar-refractivity contribution < 1.29 is 0 Å². The van der Waals surface area contributed by atoms with Gasteiger partial charge in [0.15, 0.2) is 0 Å². The van der Waals surface area contributed by atoms with Gasteiger partial charge in [0, 0.05) is 28.2 Å². The molecule has 0 aliphatic heterocycles. The van der Waals surface area contributed by atoms with E-state index in [1.807, 2.05) is 48.0 Å². The average molecular weight is 387 g/mol. The van der Waals surface area contributed by atoms with Crippen LogP contribution in [0.5, 0.6) is 0 Å². The third-order valence-electron chi connectivity index (χ3n) is 3.12. The standard InChI is InChI=1S/C17H15BrN4S/c1-2-19-17-22(21-11-13-7-5-6-10-20-13)16(12-23-17)14-8-3-4-9-15(14)18/h3-12H,2H2,1H3/b19-17?,21-11-. The van der Waals surface area contributed by atoms with Crippen molar-refractivity contribution >= 4 is 33.5 Å². The SMILES string of the molecule is CCN=c1scc(-c2ccccc2Br)n1/N=C\c1ccccn1. The van der Waals surface area contributed by atoms with Gasteiger partial charge in [-0.2, -0.15) is 5.10 Å². The molecule has 23 heavy (non-hydrogen) atoms. The molecule has 6 heteroatoms. The van der Waals surface area contributed by atoms with E-state index in [1.165, 1.54) is 0 Å². The minimum Gasteiger partial charge on any atom is -0.258 e. The Hall–Kier alpha value is -2.05. The first-order chi connectivity index (χ1) is 11.3. The van der Waals surface area contributed by atoms with Gasteiger partial charge in [0.25, 0.3) is 0 Å². The number of nitrogens with zero attached hydrogens (tertiary/aromatic N) is 4. The number of benzene rings is 1. The second kappa shape index (κ2) is 7.48. The summed E-state index contributed by atoms with van der Waals surface area (Å²) in [6.45, 7) is 2.74. The van der Waals surface area contributed by atoms with E-state index in [2.05, 4.69) is 42.5 Å². The lowest BCUT2D eigenvalue weighted by molar-refractivity contribution is 0.832. The third kappa shape index (κ3) is 3.65. The van der Waals surface area contributed by atoms with Gasteiger partial charge in [-0.3, -0.25) is 9.98 Å². The molecule has 0 saturated heterocycles. The fraction of sp³-hybridized carbons (Fsp3) is 0.118. The Morgan fingerprint density at radius 3 is 2.78 bits per heavy atom. The summed E-state index contributed by atoms with van der Waals surface area (Å²) in [7, 11) is 0. The molecule has 1 aromatic carbocycles. The Bertz CT molecular complexity index is 881. The summed E-state index contributed by atoms with van der Waals surface area (Å²) >= 11 is 5.19. The minimum absolute atomic E-state index is 0.717. The molecule has 2 aromatic heterocycles. The lowest BCUT2D eigenvalue weighted by Crippen LogP contribution is -2.12. The van der Waals surface area contributed by atoms with Crippen LogP contribution in [0.3, 0.4) is 0 Å². The van der Waals surface area contributed by atoms with Crippen LogP contribution < -0.4 is 4.80 Å². The summed E-state index contributed by atoms with van der Waals surface area (Å²) in [5.41, 5.74) is 2.90. The third-order valence-corrected chi connectivity index (χ3v) is 4.67. The predicted octanol–water partition coefficient (Wildman–Crippen LogP) is 4.18. The van der Waals surface area contributed by atoms with Gasteiger partial charge in [0.05, 0.1) is 17.6 Å². The maximum Gasteiger partial charge on any atom is 0.206 e. The maximum atomic E-state index is 4.60. The smallest absolute Gasteiger partial charge is 0.206 e. The molecule has 116 valence electrons. The van der Waals surface area contributed by atoms with Crippen LogP contribution in [0.2, 0.25) is 0 Å². The van der Waals surface area contributed by atoms with Gasteiger partial charge >= 0.3 is 0 Å². The Kier molecular flexibility index (Phi) is 5.15. The Balaban J connectivity index is 2.11. The lowest BCUT2D eigenvalue weighted by atomic mass is 10.2. The fourth-order valence-electron chi connectivity index (χ4n) is 2.08. The normalized spacial score (nSPS) is 12.2. The van der Waals surface area contributed by atoms with E-state index in [0.717, 1.165) is 32.8 Å². The number of thiazole rings is 1. The van der Waals surface area contributed by atoms with Crippen LogP contribution in [0, 0.1) is 0 Å². The van der Waals surface area contributed by atoms with E-state index in [0.29, 0.717) is 0 Å². The average Bonchev–Trinajstić information content (AvgIpc) is 2.97. The van der Waals surface area contributed by atoms with Crippen LogP contribution in [-0.2, 0) is 0 Å². The minimum atomic E-state index is 0.717. The number of rotatable bonds is 4. The first-order valence-electron chi connectivity index (χ1n) is 7.21. The summed E-state index contributed by atoms with van der Waals surface area (Å²) in [6.07, 6.45) is 3.51. The second-order valence-corrected chi connectivity index (χ2v) is 6.36. The Labute approximate surface area is 147 Å². The molecule has 0 aliphatic rings. The van der Waals surface area contributed by atoms with Crippen molar-refractivity contribution in [2.75, 3.05) is 6.54 Å². The van der Waals surface area contributed by atoms with E-state index in [4.69, 9.17) is 0 Å². The number of pyridine rings is 1. The van der Waals surface area contributed by atoms with Crippen molar-refractivity contribution in [1.29, 1.82) is 0 Å². The van der Waals surface area contributed by atoms with E-state index >= 15 is 0 Å². The number of halogens is 1. The summed E-state index contributed by atoms with van der Waals surface area (Å²) in [4.78, 5) is 9.67. The molecule has 0 aliphatic carbocycles. The summed E-state index contributed by atoms with van der Waals surface area (Å²) in [5.74, 6) is 0. The van der Waals surface area contributed by atoms with Crippen LogP contribution in [0.1, 0.15) is 12.6 Å². The lowest BCUT2D eigenvalue weighted by Gasteiger charge is -2.05. The molecule has 0 fully saturated rings. The zero-order chi connectivity index (χ0) is 16.1. The summed E-state index contributed by atoms with van der Waals surface area (Å²) in [5, 5.41) is 6.67. The molecule has 3 aromatic rings. The largest absolute Gasteiger partial charge is 0.258 e. The first kappa shape index (κ1) is 15.8. The van der Waals surface area contributed by atoms with Crippen molar-refractivity contribution in [3.63, 3.8) is 0 Å². The molecule has 2 heterocycles. The highest BCUT2D eigenvalue weighted by Gasteiger charge is 2.09. The van der Waals surface area contributed by atoms with Crippen LogP contribution >= 0.6 is 27.3 Å². The van der Waals surface area contributed by atoms with E-state index < -0.39 is 0 Å². The molecular formula is C17H15BrN4S. The van der Waals surface area contributed by atoms with Gasteiger partial charge in [-0.25, -0.2) is 4.68 Å². The zero-order valence-electron chi connectivity index (χ0n) is 12.6. The van der Waals surface area contributed by atoms with Gasteiger partial charge in [0.2, 0.25) is 4.80 Å². The molecule has 0 N–H and O–H groups in total. The topological polar surface area (TPSA) is 42.5 Å². The zero-order valence-corrected chi connectivity index (χ0v) is 15.0. The molecule has 0 atom stereocenters. The molecule has 0 saturated carbocycles. The predicted molar refractivity (Wildman–Crippen MR) is 98.8 cm³/mol. The molecule has 0 spiro atoms. The highest BCUT2D eigenvalue weighted by atomic mass is 79.9. The molecule has 0 bridgehead atoms. The maximum absolute atomic E-state index is 4.60. The van der Waals surface area contributed by atoms with E-state index in [-0.39, 0.29) is 0 Å². The van der Waals surface area contributed by atoms with Crippen molar-refractivity contribution in [3.05, 3.63) is 69.0 Å². The first-order valence-corrected chi connectivity index (χ1v) is 8.88. The number of hydrogen-bond acceptors (Lipinski definition) is 4. The second-order valence-electron chi connectivity index (χ2n) is 4.67. The quantitative estimate of drug-likeness (QED) is 0.620. The van der Waals surface area contributed by atoms with E-state index in [1.54, 1.807) is 23.7 Å². The number of aromatic nitrogens is 2. The van der Waals surface area contributed by atoms with Crippen molar-refractivity contribution in [3.8, 4) is 11.3 Å². The van der Waals surface area contributed by atoms with Gasteiger partial charge in [-0.15, -0.1) is 11.3 Å². The van der Waals surface area contributed by atoms with Gasteiger partial charge in [-0.1, -0.05) is 40.2 Å². The Morgan fingerprint density at radius 1 is 1.22 bits per heavy atom. The van der Waals surface area contributed by atoms with Crippen molar-refractivity contribution in [2.45, 2.75) is 6.92 Å². The van der Waals surface area contributed by atoms with Crippen molar-refractivity contribution in [1.82, 2.24) is 9.66 Å². The molecule has 4 nitrogen and oxygen atoms in total. The summed E-state index contributed by atoms with van der Waals surface area (Å²) in [6, 6.07) is 13.9. The molecule has 0 unspecified atom stereocenters. The van der Waals surface area contributed by atoms with Crippen LogP contribution in [0.4, 0.5) is 0 Å². The Morgan fingerprint density at radius 2 is 2.04 bits per heavy atom. The van der Waals surface area contributed by atoms with Crippen LogP contribution in [0.25, 0.3) is 11.3 Å². The van der Waals surface area contributed by atoms with E-state index in [9.17, 15) is 0 Å². The molecule has 0 amide bonds. The molecule has 0 radical (unpaired) electrons. The molecular weight excluding hydrogens is 372 g/mol. The van der Waals surface area contributed by atoms with Gasteiger partial charge < -0.3 is 0 Å². The highest BCUT2D eigenvalue weighted by Crippen LogP contribution is 2.28. The van der Waals surface area contributed by atoms with Crippen molar-refractivity contribution in [2.24, 2.45) is 10.1 Å². The highest BCUT2D eigenvalue weighted by molar-refractivity contribution is 9.10. The van der Waals surface area contributed by atoms with Crippen LogP contribution in [-0.4, -0.2) is 22.4 Å². The van der Waals surface area contributed by atoms with Gasteiger partial charge in [0.1, 0.15) is 0 Å². The monoisotopic (exact) mass is 386 g/mol. The number of hydrogen-bond donors (Lipinski definition) is 0.